The summed E-state index contributed by atoms with van der Waals surface area (Å²) < 4.78 is 0. The van der Waals surface area contributed by atoms with Crippen molar-refractivity contribution in [3.8, 4) is 0 Å². The van der Waals surface area contributed by atoms with E-state index in [1.54, 1.807) is 0 Å². The predicted octanol–water partition coefficient (Wildman–Crippen LogP) is 0.652. The van der Waals surface area contributed by atoms with Crippen molar-refractivity contribution in [1.82, 2.24) is 10.6 Å². The normalized spacial score (nSPS) is 17.5. The maximum atomic E-state index is 11.3. The van der Waals surface area contributed by atoms with Gasteiger partial charge in [0.15, 0.2) is 0 Å². The molecule has 0 radical (unpaired) electrons. The molecule has 0 spiro atoms. The average Bonchev–Trinajstić information content (AvgIpc) is 2.95. The third kappa shape index (κ3) is 6.80. The molecule has 0 aliphatic heterocycles. The van der Waals surface area contributed by atoms with Crippen LogP contribution in [0.5, 0.6) is 0 Å². The van der Waals surface area contributed by atoms with Crippen molar-refractivity contribution in [2.45, 2.75) is 51.7 Å². The Morgan fingerprint density at radius 1 is 1.44 bits per heavy atom. The quantitative estimate of drug-likeness (QED) is 0.535. The Balaban J connectivity index is 1.91. The smallest absolute Gasteiger partial charge is 0.221 e. The van der Waals surface area contributed by atoms with E-state index in [0.29, 0.717) is 31.5 Å². The van der Waals surface area contributed by atoms with Gasteiger partial charge in [-0.05, 0) is 25.2 Å². The number of rotatable bonds is 8. The van der Waals surface area contributed by atoms with E-state index in [0.717, 1.165) is 19.3 Å². The molecular weight excluding hydrogens is 204 g/mol. The van der Waals surface area contributed by atoms with Gasteiger partial charge in [0.2, 0.25) is 5.91 Å². The minimum Gasteiger partial charge on any atom is -0.392 e. The van der Waals surface area contributed by atoms with Gasteiger partial charge in [0, 0.05) is 25.6 Å². The van der Waals surface area contributed by atoms with Crippen molar-refractivity contribution in [3.05, 3.63) is 0 Å². The van der Waals surface area contributed by atoms with Gasteiger partial charge in [0.25, 0.3) is 0 Å². The van der Waals surface area contributed by atoms with Crippen LogP contribution in [-0.4, -0.2) is 36.2 Å². The third-order valence-corrected chi connectivity index (χ3v) is 2.59. The Hall–Kier alpha value is -0.610. The van der Waals surface area contributed by atoms with Gasteiger partial charge in [0.1, 0.15) is 0 Å². The van der Waals surface area contributed by atoms with E-state index in [-0.39, 0.29) is 12.0 Å². The van der Waals surface area contributed by atoms with Gasteiger partial charge in [0.05, 0.1) is 6.10 Å². The molecular formula is C12H24N2O2. The minimum atomic E-state index is -0.300. The molecule has 1 atom stereocenters. The second kappa shape index (κ2) is 6.86. The Morgan fingerprint density at radius 3 is 2.69 bits per heavy atom. The molecule has 1 unspecified atom stereocenters. The second-order valence-corrected chi connectivity index (χ2v) is 5.08. The zero-order valence-corrected chi connectivity index (χ0v) is 10.3. The first-order valence-electron chi connectivity index (χ1n) is 6.26. The van der Waals surface area contributed by atoms with Crippen molar-refractivity contribution < 1.29 is 9.90 Å². The van der Waals surface area contributed by atoms with E-state index in [1.165, 1.54) is 0 Å². The van der Waals surface area contributed by atoms with Crippen molar-refractivity contribution in [3.63, 3.8) is 0 Å². The molecule has 4 nitrogen and oxygen atoms in total. The van der Waals surface area contributed by atoms with Crippen molar-refractivity contribution >= 4 is 5.91 Å². The lowest BCUT2D eigenvalue weighted by Crippen LogP contribution is -2.32. The van der Waals surface area contributed by atoms with Crippen LogP contribution in [0.15, 0.2) is 0 Å². The van der Waals surface area contributed by atoms with Crippen LogP contribution in [0.1, 0.15) is 39.5 Å². The number of amides is 1. The van der Waals surface area contributed by atoms with Crippen molar-refractivity contribution in [2.75, 3.05) is 13.1 Å². The highest BCUT2D eigenvalue weighted by Gasteiger charge is 2.22. The molecule has 0 aromatic rings. The summed E-state index contributed by atoms with van der Waals surface area (Å²) in [4.78, 5) is 11.3. The van der Waals surface area contributed by atoms with E-state index < -0.39 is 0 Å². The summed E-state index contributed by atoms with van der Waals surface area (Å²) in [5, 5.41) is 15.6. The highest BCUT2D eigenvalue weighted by Crippen LogP contribution is 2.18. The van der Waals surface area contributed by atoms with E-state index >= 15 is 0 Å². The molecule has 1 saturated carbocycles. The molecule has 0 bridgehead atoms. The number of carbonyl (C=O) groups is 1. The molecule has 1 amide bonds. The zero-order valence-electron chi connectivity index (χ0n) is 10.3. The molecule has 0 saturated heterocycles. The summed E-state index contributed by atoms with van der Waals surface area (Å²) in [6.07, 6.45) is 3.27. The highest BCUT2D eigenvalue weighted by atomic mass is 16.3. The lowest BCUT2D eigenvalue weighted by molar-refractivity contribution is -0.121. The standard InChI is InChI=1S/C12H24N2O2/c1-9(2)7-11(15)8-13-6-5-12(16)14-10-3-4-10/h9-11,13,15H,3-8H2,1-2H3,(H,14,16). The highest BCUT2D eigenvalue weighted by molar-refractivity contribution is 5.76. The fourth-order valence-corrected chi connectivity index (χ4v) is 1.63. The lowest BCUT2D eigenvalue weighted by atomic mass is 10.1. The van der Waals surface area contributed by atoms with Crippen LogP contribution in [-0.2, 0) is 4.79 Å². The van der Waals surface area contributed by atoms with E-state index in [1.807, 2.05) is 0 Å². The molecule has 16 heavy (non-hydrogen) atoms. The summed E-state index contributed by atoms with van der Waals surface area (Å²) in [7, 11) is 0. The number of hydrogen-bond donors (Lipinski definition) is 3. The average molecular weight is 228 g/mol. The van der Waals surface area contributed by atoms with Gasteiger partial charge in [-0.25, -0.2) is 0 Å². The van der Waals surface area contributed by atoms with Crippen LogP contribution in [0.25, 0.3) is 0 Å². The van der Waals surface area contributed by atoms with Crippen molar-refractivity contribution in [1.29, 1.82) is 0 Å². The van der Waals surface area contributed by atoms with Gasteiger partial charge in [-0.2, -0.15) is 0 Å². The van der Waals surface area contributed by atoms with E-state index in [9.17, 15) is 9.90 Å². The molecule has 1 rings (SSSR count). The first-order valence-corrected chi connectivity index (χ1v) is 6.26. The molecule has 94 valence electrons. The molecule has 3 N–H and O–H groups in total. The Bertz CT molecular complexity index is 215. The maximum Gasteiger partial charge on any atom is 0.221 e. The SMILES string of the molecule is CC(C)CC(O)CNCCC(=O)NC1CC1. The van der Waals surface area contributed by atoms with Crippen molar-refractivity contribution in [2.24, 2.45) is 5.92 Å². The summed E-state index contributed by atoms with van der Waals surface area (Å²) in [6.45, 7) is 5.40. The third-order valence-electron chi connectivity index (χ3n) is 2.59. The maximum absolute atomic E-state index is 11.3. The van der Waals surface area contributed by atoms with Crippen LogP contribution in [0.2, 0.25) is 0 Å². The topological polar surface area (TPSA) is 61.4 Å². The summed E-state index contributed by atoms with van der Waals surface area (Å²) in [6, 6.07) is 0.444. The van der Waals surface area contributed by atoms with Gasteiger partial charge < -0.3 is 15.7 Å². The van der Waals surface area contributed by atoms with E-state index in [4.69, 9.17) is 0 Å². The first kappa shape index (κ1) is 13.5. The fraction of sp³-hybridized carbons (Fsp3) is 0.917. The Kier molecular flexibility index (Phi) is 5.77. The molecule has 0 heterocycles. The Morgan fingerprint density at radius 2 is 2.12 bits per heavy atom. The summed E-state index contributed by atoms with van der Waals surface area (Å²) in [5.74, 6) is 0.628. The second-order valence-electron chi connectivity index (χ2n) is 5.08. The zero-order chi connectivity index (χ0) is 12.0. The molecule has 0 aromatic heterocycles. The number of aliphatic hydroxyl groups is 1. The molecule has 0 aromatic carbocycles. The van der Waals surface area contributed by atoms with E-state index in [2.05, 4.69) is 24.5 Å². The van der Waals surface area contributed by atoms with Gasteiger partial charge >= 0.3 is 0 Å². The molecule has 1 fully saturated rings. The largest absolute Gasteiger partial charge is 0.392 e. The molecule has 4 heteroatoms. The van der Waals surface area contributed by atoms with Crippen LogP contribution in [0.4, 0.5) is 0 Å². The van der Waals surface area contributed by atoms with Crippen LogP contribution >= 0.6 is 0 Å². The van der Waals surface area contributed by atoms with Gasteiger partial charge in [-0.3, -0.25) is 4.79 Å². The minimum absolute atomic E-state index is 0.119. The number of aliphatic hydroxyl groups excluding tert-OH is 1. The number of carbonyl (C=O) groups excluding carboxylic acids is 1. The Labute approximate surface area is 97.8 Å². The lowest BCUT2D eigenvalue weighted by Gasteiger charge is -2.13. The van der Waals surface area contributed by atoms with Gasteiger partial charge in [-0.15, -0.1) is 0 Å². The molecule has 1 aliphatic carbocycles. The monoisotopic (exact) mass is 228 g/mol. The van der Waals surface area contributed by atoms with Crippen LogP contribution in [0, 0.1) is 5.92 Å². The summed E-state index contributed by atoms with van der Waals surface area (Å²) in [5.41, 5.74) is 0. The van der Waals surface area contributed by atoms with Gasteiger partial charge in [-0.1, -0.05) is 13.8 Å². The first-order chi connectivity index (χ1) is 7.58. The molecule has 1 aliphatic rings. The summed E-state index contributed by atoms with van der Waals surface area (Å²) >= 11 is 0. The number of hydrogen-bond acceptors (Lipinski definition) is 3. The van der Waals surface area contributed by atoms with Crippen LogP contribution < -0.4 is 10.6 Å². The van der Waals surface area contributed by atoms with Crippen LogP contribution in [0.3, 0.4) is 0 Å². The predicted molar refractivity (Wildman–Crippen MR) is 64.1 cm³/mol. The number of nitrogens with one attached hydrogen (secondary N) is 2. The fourth-order valence-electron chi connectivity index (χ4n) is 1.63.